The Balaban J connectivity index is 1.77. The molecule has 0 unspecified atom stereocenters. The first kappa shape index (κ1) is 23.3. The van der Waals surface area contributed by atoms with E-state index in [1.165, 1.54) is 4.90 Å². The summed E-state index contributed by atoms with van der Waals surface area (Å²) < 4.78 is 0. The van der Waals surface area contributed by atoms with E-state index in [2.05, 4.69) is 24.1 Å². The number of rotatable bonds is 7. The van der Waals surface area contributed by atoms with Crippen molar-refractivity contribution in [2.24, 2.45) is 0 Å². The summed E-state index contributed by atoms with van der Waals surface area (Å²) in [5.41, 5.74) is 6.94. The van der Waals surface area contributed by atoms with Crippen LogP contribution < -0.4 is 15.1 Å². The standard InChI is InChI=1S/C29H31N3O2/c1-6-31(7-2)24-17-15-23(16-18-24)30-27-26(22-13-11-19(3)12-14-22)28(33)32(29(27)34)25-10-8-9-20(4)21(25)5/h8-18,30H,6-7H2,1-5H3. The minimum Gasteiger partial charge on any atom is -0.372 e. The molecule has 0 bridgehead atoms. The van der Waals surface area contributed by atoms with Crippen molar-refractivity contribution in [3.8, 4) is 0 Å². The summed E-state index contributed by atoms with van der Waals surface area (Å²) in [6.07, 6.45) is 0. The largest absolute Gasteiger partial charge is 0.372 e. The Morgan fingerprint density at radius 2 is 1.44 bits per heavy atom. The van der Waals surface area contributed by atoms with E-state index in [1.54, 1.807) is 0 Å². The predicted octanol–water partition coefficient (Wildman–Crippen LogP) is 5.85. The molecule has 5 nitrogen and oxygen atoms in total. The number of amides is 2. The molecule has 2 amide bonds. The van der Waals surface area contributed by atoms with Gasteiger partial charge in [-0.2, -0.15) is 0 Å². The van der Waals surface area contributed by atoms with Crippen LogP contribution in [0.3, 0.4) is 0 Å². The van der Waals surface area contributed by atoms with E-state index in [4.69, 9.17) is 0 Å². The Hall–Kier alpha value is -3.86. The fraction of sp³-hybridized carbons (Fsp3) is 0.241. The van der Waals surface area contributed by atoms with Gasteiger partial charge < -0.3 is 10.2 Å². The fourth-order valence-electron chi connectivity index (χ4n) is 4.32. The lowest BCUT2D eigenvalue weighted by Gasteiger charge is -2.21. The van der Waals surface area contributed by atoms with E-state index >= 15 is 0 Å². The maximum atomic E-state index is 13.7. The Labute approximate surface area is 201 Å². The molecule has 34 heavy (non-hydrogen) atoms. The summed E-state index contributed by atoms with van der Waals surface area (Å²) in [6.45, 7) is 12.0. The molecule has 5 heteroatoms. The van der Waals surface area contributed by atoms with Crippen LogP contribution in [0, 0.1) is 20.8 Å². The van der Waals surface area contributed by atoms with Gasteiger partial charge in [-0.1, -0.05) is 42.0 Å². The third-order valence-corrected chi connectivity index (χ3v) is 6.51. The van der Waals surface area contributed by atoms with Gasteiger partial charge in [0.25, 0.3) is 11.8 Å². The normalized spacial score (nSPS) is 13.6. The van der Waals surface area contributed by atoms with Crippen LogP contribution in [0.4, 0.5) is 17.1 Å². The number of imide groups is 1. The topological polar surface area (TPSA) is 52.7 Å². The number of carbonyl (C=O) groups is 2. The number of nitrogens with one attached hydrogen (secondary N) is 1. The monoisotopic (exact) mass is 453 g/mol. The molecular formula is C29H31N3O2. The second-order valence-corrected chi connectivity index (χ2v) is 8.62. The van der Waals surface area contributed by atoms with Crippen LogP contribution in [0.15, 0.2) is 72.4 Å². The lowest BCUT2D eigenvalue weighted by Crippen LogP contribution is -2.33. The number of benzene rings is 3. The summed E-state index contributed by atoms with van der Waals surface area (Å²) in [6, 6.07) is 21.4. The SMILES string of the molecule is CCN(CC)c1ccc(NC2=C(c3ccc(C)cc3)C(=O)N(c3cccc(C)c3C)C2=O)cc1. The van der Waals surface area contributed by atoms with Crippen LogP contribution in [-0.2, 0) is 9.59 Å². The smallest absolute Gasteiger partial charge is 0.282 e. The minimum atomic E-state index is -0.345. The molecule has 3 aromatic carbocycles. The summed E-state index contributed by atoms with van der Waals surface area (Å²) in [5, 5.41) is 3.27. The van der Waals surface area contributed by atoms with Gasteiger partial charge >= 0.3 is 0 Å². The summed E-state index contributed by atoms with van der Waals surface area (Å²) >= 11 is 0. The van der Waals surface area contributed by atoms with Crippen molar-refractivity contribution >= 4 is 34.4 Å². The molecule has 4 rings (SSSR count). The number of nitrogens with zero attached hydrogens (tertiary/aromatic N) is 2. The van der Waals surface area contributed by atoms with Crippen LogP contribution in [0.5, 0.6) is 0 Å². The van der Waals surface area contributed by atoms with Gasteiger partial charge in [0, 0.05) is 24.5 Å². The first-order valence-electron chi connectivity index (χ1n) is 11.7. The van der Waals surface area contributed by atoms with Crippen LogP contribution >= 0.6 is 0 Å². The van der Waals surface area contributed by atoms with Crippen molar-refractivity contribution < 1.29 is 9.59 Å². The van der Waals surface area contributed by atoms with E-state index in [0.717, 1.165) is 46.7 Å². The predicted molar refractivity (Wildman–Crippen MR) is 140 cm³/mol. The van der Waals surface area contributed by atoms with Crippen molar-refractivity contribution in [2.45, 2.75) is 34.6 Å². The van der Waals surface area contributed by atoms with Crippen LogP contribution in [0.2, 0.25) is 0 Å². The average molecular weight is 454 g/mol. The average Bonchev–Trinajstić information content (AvgIpc) is 3.07. The lowest BCUT2D eigenvalue weighted by atomic mass is 10.0. The highest BCUT2D eigenvalue weighted by Crippen LogP contribution is 2.36. The molecule has 0 spiro atoms. The third kappa shape index (κ3) is 4.21. The molecule has 1 aliphatic heterocycles. The van der Waals surface area contributed by atoms with E-state index in [9.17, 15) is 9.59 Å². The Kier molecular flexibility index (Phi) is 6.55. The van der Waals surface area contributed by atoms with Gasteiger partial charge in [0.05, 0.1) is 11.3 Å². The number of hydrogen-bond donors (Lipinski definition) is 1. The molecule has 0 atom stereocenters. The van der Waals surface area contributed by atoms with E-state index in [0.29, 0.717) is 17.0 Å². The highest BCUT2D eigenvalue weighted by Gasteiger charge is 2.40. The molecular weight excluding hydrogens is 422 g/mol. The molecule has 1 N–H and O–H groups in total. The Morgan fingerprint density at radius 3 is 2.06 bits per heavy atom. The Morgan fingerprint density at radius 1 is 0.794 bits per heavy atom. The second kappa shape index (κ2) is 9.56. The van der Waals surface area contributed by atoms with Crippen LogP contribution in [0.25, 0.3) is 5.57 Å². The zero-order valence-electron chi connectivity index (χ0n) is 20.5. The van der Waals surface area contributed by atoms with Gasteiger partial charge in [0.2, 0.25) is 0 Å². The van der Waals surface area contributed by atoms with Crippen molar-refractivity contribution in [3.63, 3.8) is 0 Å². The van der Waals surface area contributed by atoms with E-state index < -0.39 is 0 Å². The van der Waals surface area contributed by atoms with Crippen molar-refractivity contribution in [3.05, 3.63) is 94.7 Å². The van der Waals surface area contributed by atoms with Crippen molar-refractivity contribution in [1.29, 1.82) is 0 Å². The third-order valence-electron chi connectivity index (χ3n) is 6.51. The molecule has 0 radical (unpaired) electrons. The van der Waals surface area contributed by atoms with Gasteiger partial charge in [-0.25, -0.2) is 4.90 Å². The lowest BCUT2D eigenvalue weighted by molar-refractivity contribution is -0.120. The van der Waals surface area contributed by atoms with Gasteiger partial charge in [0.1, 0.15) is 5.70 Å². The van der Waals surface area contributed by atoms with Crippen molar-refractivity contribution in [2.75, 3.05) is 28.2 Å². The molecule has 0 fully saturated rings. The summed E-state index contributed by atoms with van der Waals surface area (Å²) in [5.74, 6) is -0.660. The molecule has 1 heterocycles. The van der Waals surface area contributed by atoms with Gasteiger partial charge in [-0.05, 0) is 81.6 Å². The number of hydrogen-bond acceptors (Lipinski definition) is 4. The summed E-state index contributed by atoms with van der Waals surface area (Å²) in [7, 11) is 0. The molecule has 0 aromatic heterocycles. The number of aryl methyl sites for hydroxylation is 2. The molecule has 1 aliphatic rings. The van der Waals surface area contributed by atoms with E-state index in [-0.39, 0.29) is 11.8 Å². The van der Waals surface area contributed by atoms with E-state index in [1.807, 2.05) is 87.5 Å². The fourth-order valence-corrected chi connectivity index (χ4v) is 4.32. The Bertz CT molecular complexity index is 1250. The maximum Gasteiger partial charge on any atom is 0.282 e. The highest BCUT2D eigenvalue weighted by molar-refractivity contribution is 6.46. The minimum absolute atomic E-state index is 0.297. The van der Waals surface area contributed by atoms with Crippen LogP contribution in [-0.4, -0.2) is 24.9 Å². The number of anilines is 3. The zero-order valence-corrected chi connectivity index (χ0v) is 20.5. The first-order valence-corrected chi connectivity index (χ1v) is 11.7. The van der Waals surface area contributed by atoms with Gasteiger partial charge in [-0.3, -0.25) is 9.59 Å². The molecule has 0 aliphatic carbocycles. The quantitative estimate of drug-likeness (QED) is 0.456. The molecule has 3 aromatic rings. The zero-order chi connectivity index (χ0) is 24.4. The first-order chi connectivity index (χ1) is 16.3. The molecule has 174 valence electrons. The molecule has 0 saturated heterocycles. The van der Waals surface area contributed by atoms with Gasteiger partial charge in [0.15, 0.2) is 0 Å². The van der Waals surface area contributed by atoms with Crippen molar-refractivity contribution in [1.82, 2.24) is 0 Å². The maximum absolute atomic E-state index is 13.7. The highest BCUT2D eigenvalue weighted by atomic mass is 16.2. The van der Waals surface area contributed by atoms with Crippen LogP contribution in [0.1, 0.15) is 36.1 Å². The second-order valence-electron chi connectivity index (χ2n) is 8.62. The summed E-state index contributed by atoms with van der Waals surface area (Å²) in [4.78, 5) is 30.9. The number of carbonyl (C=O) groups excluding carboxylic acids is 2. The molecule has 0 saturated carbocycles. The van der Waals surface area contributed by atoms with Gasteiger partial charge in [-0.15, -0.1) is 0 Å².